The Morgan fingerprint density at radius 1 is 0.826 bits per heavy atom. The molecule has 3 unspecified atom stereocenters. The molecule has 46 heavy (non-hydrogen) atoms. The Hall–Kier alpha value is -1.69. The van der Waals surface area contributed by atoms with Gasteiger partial charge in [-0.1, -0.05) is 89.0 Å². The number of likely N-dealkylation sites (tertiary alicyclic amines) is 2. The van der Waals surface area contributed by atoms with Crippen molar-refractivity contribution in [2.45, 2.75) is 154 Å². The van der Waals surface area contributed by atoms with E-state index in [1.54, 1.807) is 23.8 Å². The van der Waals surface area contributed by atoms with Gasteiger partial charge in [0.1, 0.15) is 12.1 Å². The van der Waals surface area contributed by atoms with Crippen LogP contribution in [0.15, 0.2) is 11.6 Å². The smallest absolute Gasteiger partial charge is 0.249 e. The van der Waals surface area contributed by atoms with Crippen LogP contribution in [-0.2, 0) is 19.2 Å². The average Bonchev–Trinajstić information content (AvgIpc) is 3.51. The molecule has 0 radical (unpaired) electrons. The van der Waals surface area contributed by atoms with Crippen molar-refractivity contribution in [2.75, 3.05) is 20.1 Å². The van der Waals surface area contributed by atoms with Gasteiger partial charge in [0, 0.05) is 25.2 Å². The summed E-state index contributed by atoms with van der Waals surface area (Å²) in [5.74, 6) is 0.0399. The summed E-state index contributed by atoms with van der Waals surface area (Å²) >= 11 is 2.36. The summed E-state index contributed by atoms with van der Waals surface area (Å²) in [7, 11) is 1.77. The molecule has 0 bridgehead atoms. The van der Waals surface area contributed by atoms with Crippen molar-refractivity contribution >= 4 is 46.2 Å². The number of carbonyl (C=O) groups excluding carboxylic acids is 4. The highest BCUT2D eigenvalue weighted by molar-refractivity contribution is 14.1. The molecule has 2 N–H and O–H groups in total. The van der Waals surface area contributed by atoms with Crippen LogP contribution < -0.4 is 10.6 Å². The van der Waals surface area contributed by atoms with E-state index in [1.165, 1.54) is 19.3 Å². The van der Waals surface area contributed by atoms with Crippen LogP contribution in [0.25, 0.3) is 0 Å². The summed E-state index contributed by atoms with van der Waals surface area (Å²) < 4.78 is 0.0763. The van der Waals surface area contributed by atoms with Gasteiger partial charge in [-0.2, -0.15) is 0 Å². The number of halogens is 1. The lowest BCUT2D eigenvalue weighted by molar-refractivity contribution is -0.142. The molecular weight excluding hydrogens is 693 g/mol. The predicted octanol–water partition coefficient (Wildman–Crippen LogP) is 5.66. The van der Waals surface area contributed by atoms with E-state index in [0.717, 1.165) is 45.1 Å². The van der Waals surface area contributed by atoms with Gasteiger partial charge in [-0.25, -0.2) is 0 Å². The van der Waals surface area contributed by atoms with Crippen molar-refractivity contribution < 1.29 is 19.2 Å². The second-order valence-electron chi connectivity index (χ2n) is 15.6. The molecule has 9 nitrogen and oxygen atoms in total. The van der Waals surface area contributed by atoms with E-state index in [0.29, 0.717) is 24.5 Å². The van der Waals surface area contributed by atoms with Gasteiger partial charge in [-0.3, -0.25) is 24.1 Å². The zero-order valence-electron chi connectivity index (χ0n) is 30.0. The Balaban J connectivity index is 1.74. The van der Waals surface area contributed by atoms with Crippen LogP contribution in [0.2, 0.25) is 0 Å². The van der Waals surface area contributed by atoms with E-state index in [4.69, 9.17) is 0 Å². The molecule has 10 heteroatoms. The second kappa shape index (κ2) is 17.1. The highest BCUT2D eigenvalue weighted by atomic mass is 127. The molecule has 3 rings (SSSR count). The quantitative estimate of drug-likeness (QED) is 0.123. The average molecular weight is 756 g/mol. The minimum Gasteiger partial charge on any atom is -0.342 e. The number of amides is 4. The summed E-state index contributed by atoms with van der Waals surface area (Å²) in [6, 6.07) is -1.55. The molecule has 1 saturated carbocycles. The number of nitrogens with zero attached hydrogens (tertiary/aromatic N) is 3. The van der Waals surface area contributed by atoms with Gasteiger partial charge >= 0.3 is 0 Å². The van der Waals surface area contributed by atoms with E-state index in [-0.39, 0.29) is 51.7 Å². The molecule has 3 aliphatic rings. The Labute approximate surface area is 292 Å². The van der Waals surface area contributed by atoms with Crippen LogP contribution in [0.5, 0.6) is 0 Å². The van der Waals surface area contributed by atoms with Gasteiger partial charge in [0.25, 0.3) is 0 Å². The molecule has 262 valence electrons. The fourth-order valence-electron chi connectivity index (χ4n) is 7.46. The Bertz CT molecular complexity index is 1100. The summed E-state index contributed by atoms with van der Waals surface area (Å²) in [5.41, 5.74) is 0.0149. The molecule has 0 aromatic rings. The van der Waals surface area contributed by atoms with Crippen LogP contribution in [-0.4, -0.2) is 92.7 Å². The maximum absolute atomic E-state index is 14.2. The van der Waals surface area contributed by atoms with Crippen molar-refractivity contribution in [3.63, 3.8) is 0 Å². The molecule has 2 aliphatic heterocycles. The fourth-order valence-corrected chi connectivity index (χ4v) is 8.48. The summed E-state index contributed by atoms with van der Waals surface area (Å²) in [6.45, 7) is 17.5. The molecule has 0 aromatic carbocycles. The van der Waals surface area contributed by atoms with Crippen molar-refractivity contribution in [1.29, 1.82) is 0 Å². The molecule has 1 aliphatic carbocycles. The molecule has 5 atom stereocenters. The van der Waals surface area contributed by atoms with E-state index in [1.807, 2.05) is 40.7 Å². The van der Waals surface area contributed by atoms with Crippen LogP contribution >= 0.6 is 22.6 Å². The SMILES string of the molecule is C/C(=C\[C@H](C(C)C)N(C)C(=O)C(NC(=O)C1CCCCN1C(C)C)C(C)(C)C)C(=O)N1CCCC1C(=O)N[C@H](I)C1CCCCC1. The Morgan fingerprint density at radius 3 is 2.00 bits per heavy atom. The summed E-state index contributed by atoms with van der Waals surface area (Å²) in [4.78, 5) is 60.6. The predicted molar refractivity (Wildman–Crippen MR) is 193 cm³/mol. The lowest BCUT2D eigenvalue weighted by Gasteiger charge is -2.41. The maximum Gasteiger partial charge on any atom is 0.249 e. The first-order valence-electron chi connectivity index (χ1n) is 17.8. The number of piperidine rings is 1. The molecule has 4 amide bonds. The topological polar surface area (TPSA) is 102 Å². The minimum absolute atomic E-state index is 0.0238. The van der Waals surface area contributed by atoms with E-state index >= 15 is 0 Å². The molecule has 2 heterocycles. The molecule has 2 saturated heterocycles. The summed E-state index contributed by atoms with van der Waals surface area (Å²) in [5, 5.41) is 6.38. The van der Waals surface area contributed by atoms with Crippen LogP contribution in [0.3, 0.4) is 0 Å². The number of hydrogen-bond acceptors (Lipinski definition) is 5. The number of hydrogen-bond donors (Lipinski definition) is 2. The standard InChI is InChI=1S/C36H62IN5O4/c1-23(2)29(40(9)35(46)30(36(6,7)8)38-32(43)27-18-13-14-20-41(27)24(3)4)22-25(5)34(45)42-21-15-19-28(42)33(44)39-31(37)26-16-11-10-12-17-26/h22-24,26-31H,10-21H2,1-9H3,(H,38,43)(H,39,44)/b25-22+/t27?,28?,29-,30?,31+/m1/s1. The third-order valence-corrected chi connectivity index (χ3v) is 11.6. The first-order valence-corrected chi connectivity index (χ1v) is 19.1. The third kappa shape index (κ3) is 9.92. The largest absolute Gasteiger partial charge is 0.342 e. The monoisotopic (exact) mass is 755 g/mol. The number of nitrogens with one attached hydrogen (secondary N) is 2. The van der Waals surface area contributed by atoms with E-state index < -0.39 is 17.5 Å². The second-order valence-corrected chi connectivity index (χ2v) is 17.0. The van der Waals surface area contributed by atoms with Crippen LogP contribution in [0.1, 0.15) is 120 Å². The fraction of sp³-hybridized carbons (Fsp3) is 0.833. The van der Waals surface area contributed by atoms with Gasteiger partial charge in [0.15, 0.2) is 0 Å². The number of alkyl halides is 1. The molecule has 0 aromatic heterocycles. The van der Waals surface area contributed by atoms with Gasteiger partial charge in [0.2, 0.25) is 23.6 Å². The van der Waals surface area contributed by atoms with E-state index in [2.05, 4.69) is 52.0 Å². The van der Waals surface area contributed by atoms with Gasteiger partial charge in [0.05, 0.1) is 16.1 Å². The van der Waals surface area contributed by atoms with Crippen molar-refractivity contribution in [1.82, 2.24) is 25.3 Å². The number of likely N-dealkylation sites (N-methyl/N-ethyl adjacent to an activating group) is 1. The van der Waals surface area contributed by atoms with Crippen LogP contribution in [0, 0.1) is 17.3 Å². The molecule has 0 spiro atoms. The van der Waals surface area contributed by atoms with Crippen molar-refractivity contribution in [3.8, 4) is 0 Å². The van der Waals surface area contributed by atoms with Gasteiger partial charge in [-0.15, -0.1) is 0 Å². The number of rotatable bonds is 11. The molecular formula is C36H62IN5O4. The first-order chi connectivity index (χ1) is 21.5. The molecule has 3 fully saturated rings. The zero-order chi connectivity index (χ0) is 34.3. The lowest BCUT2D eigenvalue weighted by Crippen LogP contribution is -2.60. The minimum atomic E-state index is -0.719. The van der Waals surface area contributed by atoms with Crippen molar-refractivity contribution in [2.24, 2.45) is 17.3 Å². The maximum atomic E-state index is 14.2. The normalized spacial score (nSPS) is 24.1. The highest BCUT2D eigenvalue weighted by Gasteiger charge is 2.41. The summed E-state index contributed by atoms with van der Waals surface area (Å²) in [6.07, 6.45) is 12.2. The number of carbonyl (C=O) groups is 4. The Morgan fingerprint density at radius 2 is 1.41 bits per heavy atom. The highest BCUT2D eigenvalue weighted by Crippen LogP contribution is 2.30. The first kappa shape index (κ1) is 38.8. The van der Waals surface area contributed by atoms with Crippen LogP contribution in [0.4, 0.5) is 0 Å². The van der Waals surface area contributed by atoms with Crippen molar-refractivity contribution in [3.05, 3.63) is 11.6 Å². The van der Waals surface area contributed by atoms with Gasteiger partial charge < -0.3 is 20.4 Å². The Kier molecular flexibility index (Phi) is 14.4. The zero-order valence-corrected chi connectivity index (χ0v) is 32.2. The third-order valence-electron chi connectivity index (χ3n) is 10.3. The van der Waals surface area contributed by atoms with Gasteiger partial charge in [-0.05, 0) is 83.1 Å². The van der Waals surface area contributed by atoms with E-state index in [9.17, 15) is 19.2 Å². The lowest BCUT2D eigenvalue weighted by atomic mass is 9.84.